The molecule has 0 aromatic carbocycles. The van der Waals surface area contributed by atoms with E-state index in [4.69, 9.17) is 0 Å². The van der Waals surface area contributed by atoms with Crippen molar-refractivity contribution >= 4 is 0 Å². The van der Waals surface area contributed by atoms with Crippen LogP contribution in [0.3, 0.4) is 0 Å². The van der Waals surface area contributed by atoms with Gasteiger partial charge in [-0.1, -0.05) is 118 Å². The predicted octanol–water partition coefficient (Wildman–Crippen LogP) is 8.87. The minimum Gasteiger partial charge on any atom is -0.229 e. The normalized spacial score (nSPS) is 15.2. The van der Waals surface area contributed by atoms with Crippen molar-refractivity contribution in [1.82, 2.24) is 0 Å². The van der Waals surface area contributed by atoms with Crippen LogP contribution in [-0.4, -0.2) is 5.60 Å². The van der Waals surface area contributed by atoms with E-state index in [2.05, 4.69) is 27.7 Å². The highest BCUT2D eigenvalue weighted by Gasteiger charge is 2.35. The highest BCUT2D eigenvalue weighted by atomic mass is 16.3. The van der Waals surface area contributed by atoms with Crippen LogP contribution < -0.4 is 0 Å². The van der Waals surface area contributed by atoms with Gasteiger partial charge >= 0.3 is 0 Å². The van der Waals surface area contributed by atoms with E-state index in [1.165, 1.54) is 96.3 Å². The second kappa shape index (κ2) is 17.4. The Bertz CT molecular complexity index is 263. The topological polar surface area (TPSA) is 19.9 Å². The SMILES string of the molecule is CCCCCCCCC(CCCC)C([O])(CC)CCCCCCCC. The maximum atomic E-state index is 13.5. The summed E-state index contributed by atoms with van der Waals surface area (Å²) in [5.41, 5.74) is -0.649. The third kappa shape index (κ3) is 12.9. The van der Waals surface area contributed by atoms with Crippen molar-refractivity contribution in [3.63, 3.8) is 0 Å². The smallest absolute Gasteiger partial charge is 0.106 e. The molecule has 0 aliphatic carbocycles. The molecule has 0 amide bonds. The molecule has 0 saturated carbocycles. The predicted molar refractivity (Wildman–Crippen MR) is 113 cm³/mol. The van der Waals surface area contributed by atoms with Crippen LogP contribution in [-0.2, 0) is 5.11 Å². The fourth-order valence-corrected chi connectivity index (χ4v) is 4.17. The number of rotatable bonds is 19. The fraction of sp³-hybridized carbons (Fsp3) is 1.00. The molecule has 1 radical (unpaired) electrons. The first kappa shape index (κ1) is 25.0. The van der Waals surface area contributed by atoms with Crippen molar-refractivity contribution in [2.24, 2.45) is 5.92 Å². The van der Waals surface area contributed by atoms with E-state index in [1.54, 1.807) is 0 Å². The van der Waals surface area contributed by atoms with E-state index in [0.717, 1.165) is 19.3 Å². The molecule has 0 spiro atoms. The van der Waals surface area contributed by atoms with Gasteiger partial charge in [-0.3, -0.25) is 0 Å². The van der Waals surface area contributed by atoms with Crippen LogP contribution in [0.5, 0.6) is 0 Å². The van der Waals surface area contributed by atoms with Gasteiger partial charge in [0.05, 0.1) is 0 Å². The van der Waals surface area contributed by atoms with Gasteiger partial charge in [0.25, 0.3) is 0 Å². The third-order valence-electron chi connectivity index (χ3n) is 6.11. The van der Waals surface area contributed by atoms with E-state index >= 15 is 0 Å². The van der Waals surface area contributed by atoms with E-state index in [9.17, 15) is 5.11 Å². The second-order valence-electron chi connectivity index (χ2n) is 8.33. The van der Waals surface area contributed by atoms with Crippen molar-refractivity contribution in [2.75, 3.05) is 0 Å². The summed E-state index contributed by atoms with van der Waals surface area (Å²) in [4.78, 5) is 0. The van der Waals surface area contributed by atoms with Crippen LogP contribution in [0.15, 0.2) is 0 Å². The number of unbranched alkanes of at least 4 members (excludes halogenated alkanes) is 11. The van der Waals surface area contributed by atoms with Crippen LogP contribution >= 0.6 is 0 Å². The lowest BCUT2D eigenvalue weighted by Crippen LogP contribution is -2.36. The van der Waals surface area contributed by atoms with Crippen LogP contribution in [0.2, 0.25) is 0 Å². The van der Waals surface area contributed by atoms with Gasteiger partial charge in [-0.05, 0) is 31.6 Å². The van der Waals surface area contributed by atoms with Gasteiger partial charge in [0, 0.05) is 0 Å². The Balaban J connectivity index is 4.28. The summed E-state index contributed by atoms with van der Waals surface area (Å²) in [5.74, 6) is 0.416. The second-order valence-corrected chi connectivity index (χ2v) is 8.33. The van der Waals surface area contributed by atoms with Crippen molar-refractivity contribution in [1.29, 1.82) is 0 Å². The molecule has 151 valence electrons. The van der Waals surface area contributed by atoms with Crippen molar-refractivity contribution in [3.8, 4) is 0 Å². The molecule has 0 aromatic rings. The van der Waals surface area contributed by atoms with Gasteiger partial charge < -0.3 is 0 Å². The molecular formula is C24H49O. The lowest BCUT2D eigenvalue weighted by atomic mass is 9.75. The molecule has 0 N–H and O–H groups in total. The minimum atomic E-state index is -0.649. The Morgan fingerprint density at radius 1 is 0.560 bits per heavy atom. The largest absolute Gasteiger partial charge is 0.229 e. The molecule has 0 heterocycles. The zero-order valence-electron chi connectivity index (χ0n) is 18.2. The average Bonchev–Trinajstić information content (AvgIpc) is 2.63. The summed E-state index contributed by atoms with van der Waals surface area (Å²) in [6.45, 7) is 8.94. The summed E-state index contributed by atoms with van der Waals surface area (Å²) in [6.07, 6.45) is 22.3. The van der Waals surface area contributed by atoms with Crippen LogP contribution in [0.4, 0.5) is 0 Å². The van der Waals surface area contributed by atoms with Crippen molar-refractivity contribution in [2.45, 2.75) is 149 Å². The molecule has 0 fully saturated rings. The molecule has 0 aliphatic rings. The highest BCUT2D eigenvalue weighted by molar-refractivity contribution is 4.85. The summed E-state index contributed by atoms with van der Waals surface area (Å²) < 4.78 is 0. The van der Waals surface area contributed by atoms with Gasteiger partial charge in [0.2, 0.25) is 0 Å². The molecule has 1 heteroatoms. The van der Waals surface area contributed by atoms with E-state index in [0.29, 0.717) is 5.92 Å². The zero-order valence-corrected chi connectivity index (χ0v) is 18.2. The molecule has 2 unspecified atom stereocenters. The van der Waals surface area contributed by atoms with Gasteiger partial charge in [0.15, 0.2) is 0 Å². The molecule has 1 nitrogen and oxygen atoms in total. The fourth-order valence-electron chi connectivity index (χ4n) is 4.17. The summed E-state index contributed by atoms with van der Waals surface area (Å²) >= 11 is 0. The molecule has 0 bridgehead atoms. The summed E-state index contributed by atoms with van der Waals surface area (Å²) in [5, 5.41) is 13.5. The standard InChI is InChI=1S/C24H49O/c1-5-9-12-14-16-18-21-23(20-11-7-3)24(25,8-4)22-19-17-15-13-10-6-2/h23H,5-22H2,1-4H3. The quantitative estimate of drug-likeness (QED) is 0.207. The molecule has 0 saturated heterocycles. The Morgan fingerprint density at radius 3 is 1.52 bits per heavy atom. The van der Waals surface area contributed by atoms with Crippen molar-refractivity contribution < 1.29 is 5.11 Å². The molecule has 25 heavy (non-hydrogen) atoms. The van der Waals surface area contributed by atoms with Gasteiger partial charge in [-0.2, -0.15) is 0 Å². The first-order chi connectivity index (χ1) is 12.1. The Kier molecular flexibility index (Phi) is 17.3. The Morgan fingerprint density at radius 2 is 1.00 bits per heavy atom. The maximum absolute atomic E-state index is 13.5. The summed E-state index contributed by atoms with van der Waals surface area (Å²) in [7, 11) is 0. The first-order valence-corrected chi connectivity index (χ1v) is 11.8. The van der Waals surface area contributed by atoms with Crippen molar-refractivity contribution in [3.05, 3.63) is 0 Å². The molecule has 0 aliphatic heterocycles. The van der Waals surface area contributed by atoms with E-state index < -0.39 is 5.60 Å². The number of hydrogen-bond acceptors (Lipinski definition) is 0. The monoisotopic (exact) mass is 353 g/mol. The lowest BCUT2D eigenvalue weighted by Gasteiger charge is -2.34. The zero-order chi connectivity index (χ0) is 18.8. The van der Waals surface area contributed by atoms with Crippen LogP contribution in [0.25, 0.3) is 0 Å². The van der Waals surface area contributed by atoms with E-state index in [1.807, 2.05) is 0 Å². The lowest BCUT2D eigenvalue weighted by molar-refractivity contribution is -0.0950. The third-order valence-corrected chi connectivity index (χ3v) is 6.11. The van der Waals surface area contributed by atoms with Gasteiger partial charge in [-0.25, -0.2) is 5.11 Å². The van der Waals surface area contributed by atoms with E-state index in [-0.39, 0.29) is 0 Å². The molecule has 0 aromatic heterocycles. The average molecular weight is 354 g/mol. The van der Waals surface area contributed by atoms with Gasteiger partial charge in [-0.15, -0.1) is 0 Å². The Hall–Kier alpha value is -0.0400. The first-order valence-electron chi connectivity index (χ1n) is 11.8. The molecular weight excluding hydrogens is 304 g/mol. The van der Waals surface area contributed by atoms with Gasteiger partial charge in [0.1, 0.15) is 5.60 Å². The number of hydrogen-bond donors (Lipinski definition) is 0. The molecule has 0 rings (SSSR count). The van der Waals surface area contributed by atoms with Crippen LogP contribution in [0.1, 0.15) is 143 Å². The summed E-state index contributed by atoms with van der Waals surface area (Å²) in [6, 6.07) is 0. The minimum absolute atomic E-state index is 0.416. The highest BCUT2D eigenvalue weighted by Crippen LogP contribution is 2.36. The molecule has 2 atom stereocenters. The maximum Gasteiger partial charge on any atom is 0.106 e. The Labute approximate surface area is 160 Å². The van der Waals surface area contributed by atoms with Crippen LogP contribution in [0, 0.1) is 5.92 Å².